The maximum atomic E-state index is 3.94. The van der Waals surface area contributed by atoms with Crippen molar-refractivity contribution in [1.82, 2.24) is 4.37 Å². The summed E-state index contributed by atoms with van der Waals surface area (Å²) in [5, 5.41) is 1.09. The van der Waals surface area contributed by atoms with E-state index in [0.717, 1.165) is 9.86 Å². The van der Waals surface area contributed by atoms with Crippen LogP contribution in [-0.4, -0.2) is 4.37 Å². The minimum Gasteiger partial charge on any atom is -0.190 e. The molecule has 0 aliphatic heterocycles. The van der Waals surface area contributed by atoms with Crippen LogP contribution in [0.25, 0.3) is 10.1 Å². The molecule has 49 valence electrons. The summed E-state index contributed by atoms with van der Waals surface area (Å²) in [7, 11) is 0. The van der Waals surface area contributed by atoms with Gasteiger partial charge in [-0.2, -0.15) is 4.37 Å². The molecule has 0 amide bonds. The van der Waals surface area contributed by atoms with Crippen molar-refractivity contribution in [3.05, 3.63) is 28.9 Å². The average Bonchev–Trinajstić information content (AvgIpc) is 2.33. The summed E-state index contributed by atoms with van der Waals surface area (Å²) >= 11 is 4.85. The molecule has 1 heterocycles. The Bertz CT molecular complexity index is 355. The van der Waals surface area contributed by atoms with Crippen LogP contribution in [-0.2, 0) is 0 Å². The number of rotatable bonds is 0. The lowest BCUT2D eigenvalue weighted by molar-refractivity contribution is 1.58. The number of halogens is 1. The molecule has 1 nitrogen and oxygen atoms in total. The Morgan fingerprint density at radius 3 is 3.30 bits per heavy atom. The van der Waals surface area contributed by atoms with Crippen LogP contribution in [0.5, 0.6) is 0 Å². The van der Waals surface area contributed by atoms with E-state index in [2.05, 4.69) is 26.5 Å². The van der Waals surface area contributed by atoms with Gasteiger partial charge in [0.05, 0.1) is 4.70 Å². The fourth-order valence-electron chi connectivity index (χ4n) is 0.785. The molecule has 0 fully saturated rings. The Hall–Kier alpha value is -0.410. The third-order valence-electron chi connectivity index (χ3n) is 1.25. The van der Waals surface area contributed by atoms with Gasteiger partial charge >= 0.3 is 0 Å². The molecule has 0 spiro atoms. The van der Waals surface area contributed by atoms with E-state index in [1.165, 1.54) is 16.2 Å². The highest BCUT2D eigenvalue weighted by atomic mass is 79.9. The number of nitrogens with zero attached hydrogens (tertiary/aromatic N) is 1. The van der Waals surface area contributed by atoms with Crippen molar-refractivity contribution in [2.24, 2.45) is 0 Å². The van der Waals surface area contributed by atoms with Crippen LogP contribution < -0.4 is 0 Å². The molecule has 1 aromatic heterocycles. The molecule has 0 unspecified atom stereocenters. The van der Waals surface area contributed by atoms with E-state index in [-0.39, 0.29) is 0 Å². The molecule has 0 aliphatic rings. The minimum absolute atomic E-state index is 1.09. The first-order valence-electron chi connectivity index (χ1n) is 2.79. The molecule has 1 aromatic carbocycles. The van der Waals surface area contributed by atoms with Crippen molar-refractivity contribution in [3.8, 4) is 0 Å². The van der Waals surface area contributed by atoms with Crippen molar-refractivity contribution in [3.63, 3.8) is 0 Å². The van der Waals surface area contributed by atoms with Crippen molar-refractivity contribution in [2.75, 3.05) is 0 Å². The van der Waals surface area contributed by atoms with E-state index < -0.39 is 0 Å². The second-order valence-corrected chi connectivity index (χ2v) is 3.66. The fraction of sp³-hybridized carbons (Fsp3) is 0. The normalized spacial score (nSPS) is 10.5. The van der Waals surface area contributed by atoms with E-state index in [9.17, 15) is 0 Å². The van der Waals surface area contributed by atoms with Crippen molar-refractivity contribution < 1.29 is 0 Å². The number of benzene rings is 1. The third-order valence-corrected chi connectivity index (χ3v) is 2.46. The molecule has 2 aromatic rings. The summed E-state index contributed by atoms with van der Waals surface area (Å²) < 4.78 is 6.21. The zero-order valence-corrected chi connectivity index (χ0v) is 7.37. The monoisotopic (exact) mass is 212 g/mol. The molecule has 3 heteroatoms. The first-order valence-corrected chi connectivity index (χ1v) is 4.35. The lowest BCUT2D eigenvalue weighted by Gasteiger charge is -1.86. The summed E-state index contributed by atoms with van der Waals surface area (Å²) in [4.78, 5) is 0. The molecular formula is C7H3BrNS. The van der Waals surface area contributed by atoms with E-state index in [0.29, 0.717) is 0 Å². The highest BCUT2D eigenvalue weighted by molar-refractivity contribution is 9.10. The van der Waals surface area contributed by atoms with Crippen LogP contribution in [0.3, 0.4) is 0 Å². The third kappa shape index (κ3) is 0.954. The van der Waals surface area contributed by atoms with Gasteiger partial charge in [-0.25, -0.2) is 0 Å². The molecular weight excluding hydrogens is 210 g/mol. The maximum absolute atomic E-state index is 3.94. The van der Waals surface area contributed by atoms with Gasteiger partial charge in [0.25, 0.3) is 0 Å². The number of aromatic nitrogens is 1. The number of hydrogen-bond donors (Lipinski definition) is 0. The predicted octanol–water partition coefficient (Wildman–Crippen LogP) is 2.86. The van der Waals surface area contributed by atoms with Crippen molar-refractivity contribution in [2.45, 2.75) is 0 Å². The lowest BCUT2D eigenvalue weighted by atomic mass is 10.3. The zero-order valence-electron chi connectivity index (χ0n) is 4.97. The quantitative estimate of drug-likeness (QED) is 0.655. The van der Waals surface area contributed by atoms with Gasteiger partial charge in [-0.05, 0) is 23.7 Å². The predicted molar refractivity (Wildman–Crippen MR) is 46.2 cm³/mol. The molecule has 0 aliphatic carbocycles. The van der Waals surface area contributed by atoms with Crippen LogP contribution in [0.1, 0.15) is 0 Å². The highest BCUT2D eigenvalue weighted by Gasteiger charge is 1.95. The second-order valence-electron chi connectivity index (χ2n) is 1.93. The Morgan fingerprint density at radius 2 is 2.40 bits per heavy atom. The first kappa shape index (κ1) is 6.31. The van der Waals surface area contributed by atoms with Gasteiger partial charge in [0.2, 0.25) is 0 Å². The van der Waals surface area contributed by atoms with Crippen LogP contribution in [0.2, 0.25) is 0 Å². The Kier molecular flexibility index (Phi) is 1.47. The minimum atomic E-state index is 1.09. The van der Waals surface area contributed by atoms with Gasteiger partial charge in [0, 0.05) is 9.86 Å². The van der Waals surface area contributed by atoms with E-state index in [1.54, 1.807) is 0 Å². The highest BCUT2D eigenvalue weighted by Crippen LogP contribution is 2.21. The summed E-state index contributed by atoms with van der Waals surface area (Å²) in [5.41, 5.74) is 0. The van der Waals surface area contributed by atoms with Crippen LogP contribution in [0.15, 0.2) is 22.7 Å². The van der Waals surface area contributed by atoms with E-state index >= 15 is 0 Å². The smallest absolute Gasteiger partial charge is 0.112 e. The number of fused-ring (bicyclic) bond motifs is 1. The lowest BCUT2D eigenvalue weighted by Crippen LogP contribution is -1.62. The van der Waals surface area contributed by atoms with Gasteiger partial charge < -0.3 is 0 Å². The molecule has 0 saturated carbocycles. The van der Waals surface area contributed by atoms with Gasteiger partial charge in [0.1, 0.15) is 6.20 Å². The fourth-order valence-corrected chi connectivity index (χ4v) is 1.93. The van der Waals surface area contributed by atoms with Gasteiger partial charge in [-0.3, -0.25) is 0 Å². The largest absolute Gasteiger partial charge is 0.190 e. The van der Waals surface area contributed by atoms with Crippen LogP contribution in [0.4, 0.5) is 0 Å². The van der Waals surface area contributed by atoms with Gasteiger partial charge in [0.15, 0.2) is 0 Å². The first-order chi connectivity index (χ1) is 4.86. The SMILES string of the molecule is Brc1ccc2[c]nsc2c1. The van der Waals surface area contributed by atoms with Crippen molar-refractivity contribution >= 4 is 37.5 Å². The molecule has 0 bridgehead atoms. The van der Waals surface area contributed by atoms with E-state index in [4.69, 9.17) is 0 Å². The Balaban J connectivity index is 2.86. The standard InChI is InChI=1S/C7H3BrNS/c8-6-2-1-5-4-9-10-7(5)3-6/h1-3H. The van der Waals surface area contributed by atoms with Crippen molar-refractivity contribution in [1.29, 1.82) is 0 Å². The van der Waals surface area contributed by atoms with Gasteiger partial charge in [-0.15, -0.1) is 0 Å². The molecule has 10 heavy (non-hydrogen) atoms. The molecule has 0 atom stereocenters. The van der Waals surface area contributed by atoms with E-state index in [1.807, 2.05) is 18.2 Å². The maximum Gasteiger partial charge on any atom is 0.112 e. The Morgan fingerprint density at radius 1 is 1.50 bits per heavy atom. The summed E-state index contributed by atoms with van der Waals surface area (Å²) in [6.07, 6.45) is 2.89. The second kappa shape index (κ2) is 2.32. The summed E-state index contributed by atoms with van der Waals surface area (Å²) in [6.45, 7) is 0. The van der Waals surface area contributed by atoms with Gasteiger partial charge in [-0.1, -0.05) is 22.0 Å². The number of hydrogen-bond acceptors (Lipinski definition) is 2. The van der Waals surface area contributed by atoms with Crippen LogP contribution in [0, 0.1) is 6.20 Å². The average molecular weight is 213 g/mol. The zero-order chi connectivity index (χ0) is 6.97. The summed E-state index contributed by atoms with van der Waals surface area (Å²) in [5.74, 6) is 0. The topological polar surface area (TPSA) is 12.9 Å². The molecule has 2 rings (SSSR count). The molecule has 0 N–H and O–H groups in total. The molecule has 0 saturated heterocycles. The molecule has 1 radical (unpaired) electrons. The van der Waals surface area contributed by atoms with Crippen LogP contribution >= 0.6 is 27.5 Å². The summed E-state index contributed by atoms with van der Waals surface area (Å²) in [6, 6.07) is 6.04. The Labute approximate surface area is 71.0 Å².